The minimum absolute atomic E-state index is 0.0747. The molecule has 19 heavy (non-hydrogen) atoms. The predicted molar refractivity (Wildman–Crippen MR) is 77.5 cm³/mol. The van der Waals surface area contributed by atoms with Crippen LogP contribution in [0.2, 0.25) is 0 Å². The lowest BCUT2D eigenvalue weighted by Crippen LogP contribution is -2.26. The van der Waals surface area contributed by atoms with Crippen molar-refractivity contribution in [1.82, 2.24) is 20.6 Å². The maximum atomic E-state index is 11.9. The smallest absolute Gasteiger partial charge is 0.267 e. The molecule has 0 bridgehead atoms. The number of carbonyl (C=O) groups is 1. The zero-order valence-corrected chi connectivity index (χ0v) is 11.9. The summed E-state index contributed by atoms with van der Waals surface area (Å²) < 4.78 is 0. The molecule has 6 heteroatoms. The monoisotopic (exact) mass is 278 g/mol. The van der Waals surface area contributed by atoms with Crippen LogP contribution in [0.4, 0.5) is 0 Å². The molecule has 2 aromatic rings. The quantitative estimate of drug-likeness (QED) is 0.706. The summed E-state index contributed by atoms with van der Waals surface area (Å²) in [4.78, 5) is 19.3. The molecular formula is C13H18N4OS. The van der Waals surface area contributed by atoms with Gasteiger partial charge in [-0.15, -0.1) is 11.3 Å². The van der Waals surface area contributed by atoms with Crippen molar-refractivity contribution >= 4 is 17.2 Å². The molecule has 1 amide bonds. The van der Waals surface area contributed by atoms with Crippen LogP contribution in [-0.2, 0) is 0 Å². The van der Waals surface area contributed by atoms with Crippen molar-refractivity contribution in [3.63, 3.8) is 0 Å². The normalized spacial score (nSPS) is 10.6. The molecule has 0 radical (unpaired) electrons. The SMILES string of the molecule is CNCCCNC(=O)c1cc(-c2csc(C)n2)c[nH]1. The molecule has 5 nitrogen and oxygen atoms in total. The van der Waals surface area contributed by atoms with E-state index in [1.807, 2.05) is 31.6 Å². The molecule has 0 aliphatic rings. The standard InChI is InChI=1S/C13H18N4OS/c1-9-17-12(8-19-9)10-6-11(16-7-10)13(18)15-5-3-4-14-2/h6-8,14,16H,3-5H2,1-2H3,(H,15,18). The molecule has 0 fully saturated rings. The average Bonchev–Trinajstić information content (AvgIpc) is 3.02. The third kappa shape index (κ3) is 3.65. The van der Waals surface area contributed by atoms with Gasteiger partial charge in [0.25, 0.3) is 5.91 Å². The van der Waals surface area contributed by atoms with Crippen molar-refractivity contribution in [2.75, 3.05) is 20.1 Å². The highest BCUT2D eigenvalue weighted by Gasteiger charge is 2.10. The van der Waals surface area contributed by atoms with Gasteiger partial charge in [-0.05, 0) is 33.0 Å². The van der Waals surface area contributed by atoms with Crippen molar-refractivity contribution in [3.8, 4) is 11.3 Å². The Kier molecular flexibility index (Phi) is 4.70. The second kappa shape index (κ2) is 6.49. The van der Waals surface area contributed by atoms with E-state index in [1.54, 1.807) is 11.3 Å². The largest absolute Gasteiger partial charge is 0.357 e. The topological polar surface area (TPSA) is 69.8 Å². The molecule has 0 unspecified atom stereocenters. The van der Waals surface area contributed by atoms with E-state index in [9.17, 15) is 4.79 Å². The highest BCUT2D eigenvalue weighted by molar-refractivity contribution is 7.09. The van der Waals surface area contributed by atoms with Crippen LogP contribution < -0.4 is 10.6 Å². The highest BCUT2D eigenvalue weighted by atomic mass is 32.1. The van der Waals surface area contributed by atoms with E-state index in [1.165, 1.54) is 0 Å². The fraction of sp³-hybridized carbons (Fsp3) is 0.385. The van der Waals surface area contributed by atoms with Gasteiger partial charge in [0.15, 0.2) is 0 Å². The zero-order chi connectivity index (χ0) is 13.7. The molecule has 2 rings (SSSR count). The number of carbonyl (C=O) groups excluding carboxylic acids is 1. The summed E-state index contributed by atoms with van der Waals surface area (Å²) in [6, 6.07) is 1.84. The summed E-state index contributed by atoms with van der Waals surface area (Å²) in [6.45, 7) is 3.54. The Morgan fingerprint density at radius 1 is 1.47 bits per heavy atom. The molecule has 2 heterocycles. The van der Waals surface area contributed by atoms with Crippen molar-refractivity contribution in [1.29, 1.82) is 0 Å². The van der Waals surface area contributed by atoms with Crippen LogP contribution in [0.3, 0.4) is 0 Å². The molecule has 2 aromatic heterocycles. The van der Waals surface area contributed by atoms with Crippen molar-refractivity contribution in [3.05, 3.63) is 28.3 Å². The van der Waals surface area contributed by atoms with Crippen molar-refractivity contribution in [2.45, 2.75) is 13.3 Å². The Labute approximate surface area is 116 Å². The van der Waals surface area contributed by atoms with Crippen LogP contribution in [0, 0.1) is 6.92 Å². The number of amides is 1. The van der Waals surface area contributed by atoms with Crippen LogP contribution in [0.25, 0.3) is 11.3 Å². The maximum Gasteiger partial charge on any atom is 0.267 e. The Morgan fingerprint density at radius 3 is 3.00 bits per heavy atom. The number of hydrogen-bond acceptors (Lipinski definition) is 4. The van der Waals surface area contributed by atoms with Crippen LogP contribution in [0.15, 0.2) is 17.6 Å². The molecular weight excluding hydrogens is 260 g/mol. The summed E-state index contributed by atoms with van der Waals surface area (Å²) in [6.07, 6.45) is 2.73. The molecule has 3 N–H and O–H groups in total. The Hall–Kier alpha value is -1.66. The number of aromatic amines is 1. The summed E-state index contributed by atoms with van der Waals surface area (Å²) in [5, 5.41) is 8.93. The third-order valence-electron chi connectivity index (χ3n) is 2.73. The van der Waals surface area contributed by atoms with Gasteiger partial charge in [0, 0.05) is 23.7 Å². The van der Waals surface area contributed by atoms with Gasteiger partial charge in [-0.1, -0.05) is 0 Å². The average molecular weight is 278 g/mol. The molecule has 0 aliphatic carbocycles. The zero-order valence-electron chi connectivity index (χ0n) is 11.1. The van der Waals surface area contributed by atoms with Crippen molar-refractivity contribution < 1.29 is 4.79 Å². The number of nitrogens with zero attached hydrogens (tertiary/aromatic N) is 1. The van der Waals surface area contributed by atoms with Gasteiger partial charge in [-0.25, -0.2) is 4.98 Å². The fourth-order valence-corrected chi connectivity index (χ4v) is 2.35. The highest BCUT2D eigenvalue weighted by Crippen LogP contribution is 2.22. The maximum absolute atomic E-state index is 11.9. The minimum Gasteiger partial charge on any atom is -0.357 e. The lowest BCUT2D eigenvalue weighted by molar-refractivity contribution is 0.0949. The number of thiazole rings is 1. The molecule has 0 spiro atoms. The van der Waals surface area contributed by atoms with Gasteiger partial charge in [0.1, 0.15) is 5.69 Å². The lowest BCUT2D eigenvalue weighted by atomic mass is 10.2. The lowest BCUT2D eigenvalue weighted by Gasteiger charge is -2.02. The molecule has 0 saturated heterocycles. The molecule has 0 saturated carbocycles. The van der Waals surface area contributed by atoms with Crippen LogP contribution in [-0.4, -0.2) is 36.0 Å². The minimum atomic E-state index is -0.0747. The van der Waals surface area contributed by atoms with E-state index < -0.39 is 0 Å². The first-order valence-corrected chi connectivity index (χ1v) is 7.12. The van der Waals surface area contributed by atoms with Crippen LogP contribution in [0.5, 0.6) is 0 Å². The first-order valence-electron chi connectivity index (χ1n) is 6.24. The summed E-state index contributed by atoms with van der Waals surface area (Å²) in [5.41, 5.74) is 2.43. The Morgan fingerprint density at radius 2 is 2.32 bits per heavy atom. The summed E-state index contributed by atoms with van der Waals surface area (Å²) in [5.74, 6) is -0.0747. The Bertz CT molecular complexity index is 546. The van der Waals surface area contributed by atoms with E-state index in [2.05, 4.69) is 20.6 Å². The van der Waals surface area contributed by atoms with Gasteiger partial charge in [0.2, 0.25) is 0 Å². The summed E-state index contributed by atoms with van der Waals surface area (Å²) in [7, 11) is 1.90. The number of rotatable bonds is 6. The second-order valence-electron chi connectivity index (χ2n) is 4.27. The molecule has 0 aromatic carbocycles. The number of aryl methyl sites for hydroxylation is 1. The molecule has 102 valence electrons. The second-order valence-corrected chi connectivity index (χ2v) is 5.33. The Balaban J connectivity index is 1.95. The predicted octanol–water partition coefficient (Wildman–Crippen LogP) is 1.79. The molecule has 0 atom stereocenters. The fourth-order valence-electron chi connectivity index (χ4n) is 1.73. The van der Waals surface area contributed by atoms with Gasteiger partial charge in [0.05, 0.1) is 10.7 Å². The number of H-pyrrole nitrogens is 1. The van der Waals surface area contributed by atoms with Gasteiger partial charge >= 0.3 is 0 Å². The number of aromatic nitrogens is 2. The van der Waals surface area contributed by atoms with Crippen LogP contribution in [0.1, 0.15) is 21.9 Å². The number of nitrogens with one attached hydrogen (secondary N) is 3. The summed E-state index contributed by atoms with van der Waals surface area (Å²) >= 11 is 1.60. The van der Waals surface area contributed by atoms with Gasteiger partial charge in [-0.2, -0.15) is 0 Å². The van der Waals surface area contributed by atoms with Gasteiger partial charge in [-0.3, -0.25) is 4.79 Å². The third-order valence-corrected chi connectivity index (χ3v) is 3.51. The first-order chi connectivity index (χ1) is 9.20. The van der Waals surface area contributed by atoms with Gasteiger partial charge < -0.3 is 15.6 Å². The van der Waals surface area contributed by atoms with E-state index in [0.717, 1.165) is 29.2 Å². The van der Waals surface area contributed by atoms with E-state index in [-0.39, 0.29) is 5.91 Å². The number of hydrogen-bond donors (Lipinski definition) is 3. The van der Waals surface area contributed by atoms with E-state index in [0.29, 0.717) is 12.2 Å². The van der Waals surface area contributed by atoms with E-state index in [4.69, 9.17) is 0 Å². The van der Waals surface area contributed by atoms with Crippen molar-refractivity contribution in [2.24, 2.45) is 0 Å². The van der Waals surface area contributed by atoms with Crippen LogP contribution >= 0.6 is 11.3 Å². The van der Waals surface area contributed by atoms with E-state index >= 15 is 0 Å². The molecule has 0 aliphatic heterocycles. The first kappa shape index (κ1) is 13.8.